The molecule has 35 heavy (non-hydrogen) atoms. The third-order valence-electron chi connectivity index (χ3n) is 6.06. The zero-order chi connectivity index (χ0) is 25.1. The van der Waals surface area contributed by atoms with Gasteiger partial charge in [-0.2, -0.15) is 0 Å². The quantitative estimate of drug-likeness (QED) is 0.371. The number of rotatable bonds is 7. The van der Waals surface area contributed by atoms with Gasteiger partial charge in [-0.05, 0) is 46.4 Å². The smallest absolute Gasteiger partial charge is 0.407 e. The highest BCUT2D eigenvalue weighted by Crippen LogP contribution is 2.44. The SMILES string of the molecule is CC(C)C(NC(=O)OCC1c2ccccc2-c2ccccc21)C(=O)Nc1ccc(O)c(C(=O)O)c1. The van der Waals surface area contributed by atoms with Gasteiger partial charge >= 0.3 is 12.1 Å². The van der Waals surface area contributed by atoms with Gasteiger partial charge in [-0.3, -0.25) is 4.79 Å². The molecule has 180 valence electrons. The Kier molecular flexibility index (Phi) is 6.73. The summed E-state index contributed by atoms with van der Waals surface area (Å²) in [6, 6.07) is 18.8. The van der Waals surface area contributed by atoms with Crippen molar-refractivity contribution in [1.29, 1.82) is 0 Å². The predicted octanol–water partition coefficient (Wildman–Crippen LogP) is 4.59. The van der Waals surface area contributed by atoms with E-state index in [0.717, 1.165) is 28.3 Å². The Morgan fingerprint density at radius 1 is 0.943 bits per heavy atom. The summed E-state index contributed by atoms with van der Waals surface area (Å²) in [5.41, 5.74) is 4.25. The van der Waals surface area contributed by atoms with Crippen LogP contribution >= 0.6 is 0 Å². The maximum atomic E-state index is 12.9. The summed E-state index contributed by atoms with van der Waals surface area (Å²) >= 11 is 0. The standard InChI is InChI=1S/C27H26N2O6/c1-15(2)24(25(31)28-16-11-12-23(30)21(13-16)26(32)33)29-27(34)35-14-22-19-9-5-3-7-17(19)18-8-4-6-10-20(18)22/h3-13,15,22,24,30H,14H2,1-2H3,(H,28,31)(H,29,34)(H,32,33). The van der Waals surface area contributed by atoms with Crippen molar-refractivity contribution in [2.24, 2.45) is 5.92 Å². The summed E-state index contributed by atoms with van der Waals surface area (Å²) in [4.78, 5) is 36.7. The second-order valence-corrected chi connectivity index (χ2v) is 8.72. The van der Waals surface area contributed by atoms with E-state index in [1.807, 2.05) is 48.5 Å². The van der Waals surface area contributed by atoms with Crippen LogP contribution in [0.25, 0.3) is 11.1 Å². The van der Waals surface area contributed by atoms with Gasteiger partial charge in [0.2, 0.25) is 5.91 Å². The number of amides is 2. The van der Waals surface area contributed by atoms with Crippen molar-refractivity contribution in [3.05, 3.63) is 83.4 Å². The summed E-state index contributed by atoms with van der Waals surface area (Å²) in [6.45, 7) is 3.66. The Balaban J connectivity index is 1.42. The second kappa shape index (κ2) is 9.89. The van der Waals surface area contributed by atoms with Crippen LogP contribution in [0.5, 0.6) is 5.75 Å². The van der Waals surface area contributed by atoms with Crippen LogP contribution < -0.4 is 10.6 Å². The van der Waals surface area contributed by atoms with E-state index in [1.165, 1.54) is 12.1 Å². The van der Waals surface area contributed by atoms with Crippen LogP contribution in [-0.2, 0) is 9.53 Å². The zero-order valence-corrected chi connectivity index (χ0v) is 19.3. The van der Waals surface area contributed by atoms with Gasteiger partial charge in [0.25, 0.3) is 0 Å². The molecule has 4 rings (SSSR count). The normalized spacial score (nSPS) is 13.0. The maximum Gasteiger partial charge on any atom is 0.407 e. The number of aromatic carboxylic acids is 1. The lowest BCUT2D eigenvalue weighted by Gasteiger charge is -2.22. The molecule has 2 amide bonds. The fourth-order valence-corrected chi connectivity index (χ4v) is 4.31. The zero-order valence-electron chi connectivity index (χ0n) is 19.3. The molecule has 0 aromatic heterocycles. The fourth-order valence-electron chi connectivity index (χ4n) is 4.31. The molecule has 0 fully saturated rings. The van der Waals surface area contributed by atoms with Gasteiger partial charge < -0.3 is 25.6 Å². The average molecular weight is 475 g/mol. The van der Waals surface area contributed by atoms with Crippen LogP contribution in [0.1, 0.15) is 41.3 Å². The molecule has 0 saturated carbocycles. The van der Waals surface area contributed by atoms with Crippen molar-refractivity contribution in [2.75, 3.05) is 11.9 Å². The lowest BCUT2D eigenvalue weighted by molar-refractivity contribution is -0.119. The van der Waals surface area contributed by atoms with Gasteiger partial charge in [0.15, 0.2) is 0 Å². The first kappa shape index (κ1) is 23.8. The van der Waals surface area contributed by atoms with Crippen molar-refractivity contribution >= 4 is 23.7 Å². The van der Waals surface area contributed by atoms with Gasteiger partial charge in [0.05, 0.1) is 0 Å². The van der Waals surface area contributed by atoms with E-state index in [-0.39, 0.29) is 29.7 Å². The van der Waals surface area contributed by atoms with Crippen LogP contribution in [-0.4, -0.2) is 40.8 Å². The topological polar surface area (TPSA) is 125 Å². The molecule has 0 saturated heterocycles. The number of carboxylic acids is 1. The minimum Gasteiger partial charge on any atom is -0.507 e. The number of ether oxygens (including phenoxy) is 1. The van der Waals surface area contributed by atoms with Crippen LogP contribution in [0.2, 0.25) is 0 Å². The van der Waals surface area contributed by atoms with E-state index in [2.05, 4.69) is 10.6 Å². The van der Waals surface area contributed by atoms with Crippen molar-refractivity contribution in [2.45, 2.75) is 25.8 Å². The number of carbonyl (C=O) groups is 3. The minimum atomic E-state index is -1.32. The molecular weight excluding hydrogens is 448 g/mol. The third-order valence-corrected chi connectivity index (χ3v) is 6.06. The Bertz CT molecular complexity index is 1240. The highest BCUT2D eigenvalue weighted by Gasteiger charge is 2.30. The molecule has 3 aromatic carbocycles. The fraction of sp³-hybridized carbons (Fsp3) is 0.222. The van der Waals surface area contributed by atoms with Crippen molar-refractivity contribution in [1.82, 2.24) is 5.32 Å². The van der Waals surface area contributed by atoms with E-state index in [4.69, 9.17) is 9.84 Å². The summed E-state index contributed by atoms with van der Waals surface area (Å²) in [5.74, 6) is -2.64. The molecule has 1 atom stereocenters. The predicted molar refractivity (Wildman–Crippen MR) is 131 cm³/mol. The lowest BCUT2D eigenvalue weighted by atomic mass is 9.98. The Hall–Kier alpha value is -4.33. The van der Waals surface area contributed by atoms with Gasteiger partial charge in [0, 0.05) is 11.6 Å². The molecule has 1 unspecified atom stereocenters. The molecule has 1 aliphatic rings. The molecule has 1 aliphatic carbocycles. The van der Waals surface area contributed by atoms with Crippen LogP contribution in [0.4, 0.5) is 10.5 Å². The monoisotopic (exact) mass is 474 g/mol. The summed E-state index contributed by atoms with van der Waals surface area (Å²) < 4.78 is 5.55. The first-order valence-corrected chi connectivity index (χ1v) is 11.2. The number of fused-ring (bicyclic) bond motifs is 3. The largest absolute Gasteiger partial charge is 0.507 e. The maximum absolute atomic E-state index is 12.9. The number of anilines is 1. The van der Waals surface area contributed by atoms with Gasteiger partial charge in [-0.15, -0.1) is 0 Å². The second-order valence-electron chi connectivity index (χ2n) is 8.72. The molecule has 0 spiro atoms. The Morgan fingerprint density at radius 3 is 2.11 bits per heavy atom. The number of hydrogen-bond acceptors (Lipinski definition) is 5. The van der Waals surface area contributed by atoms with E-state index in [0.29, 0.717) is 0 Å². The molecule has 8 heteroatoms. The number of hydrogen-bond donors (Lipinski definition) is 4. The number of aromatic hydroxyl groups is 1. The lowest BCUT2D eigenvalue weighted by Crippen LogP contribution is -2.47. The van der Waals surface area contributed by atoms with Crippen molar-refractivity contribution in [3.63, 3.8) is 0 Å². The highest BCUT2D eigenvalue weighted by molar-refractivity contribution is 5.98. The molecular formula is C27H26N2O6. The van der Waals surface area contributed by atoms with Gasteiger partial charge in [0.1, 0.15) is 24.0 Å². The van der Waals surface area contributed by atoms with Crippen molar-refractivity contribution < 1.29 is 29.3 Å². The van der Waals surface area contributed by atoms with E-state index in [9.17, 15) is 19.5 Å². The summed E-state index contributed by atoms with van der Waals surface area (Å²) in [7, 11) is 0. The van der Waals surface area contributed by atoms with Crippen LogP contribution in [0, 0.1) is 5.92 Å². The van der Waals surface area contributed by atoms with Crippen LogP contribution in [0.3, 0.4) is 0 Å². The van der Waals surface area contributed by atoms with Gasteiger partial charge in [-0.25, -0.2) is 9.59 Å². The highest BCUT2D eigenvalue weighted by atomic mass is 16.5. The molecule has 8 nitrogen and oxygen atoms in total. The van der Waals surface area contributed by atoms with E-state index in [1.54, 1.807) is 13.8 Å². The molecule has 0 radical (unpaired) electrons. The Morgan fingerprint density at radius 2 is 1.54 bits per heavy atom. The van der Waals surface area contributed by atoms with Crippen LogP contribution in [0.15, 0.2) is 66.7 Å². The minimum absolute atomic E-state index is 0.106. The third kappa shape index (κ3) is 4.96. The Labute approximate surface area is 202 Å². The number of phenols is 1. The molecule has 3 aromatic rings. The number of alkyl carbamates (subject to hydrolysis) is 1. The number of carboxylic acid groups (broad SMARTS) is 1. The average Bonchev–Trinajstić information content (AvgIpc) is 3.15. The van der Waals surface area contributed by atoms with E-state index < -0.39 is 29.8 Å². The molecule has 0 aliphatic heterocycles. The molecule has 4 N–H and O–H groups in total. The van der Waals surface area contributed by atoms with E-state index >= 15 is 0 Å². The summed E-state index contributed by atoms with van der Waals surface area (Å²) in [6.07, 6.45) is -0.724. The van der Waals surface area contributed by atoms with Crippen molar-refractivity contribution in [3.8, 4) is 16.9 Å². The summed E-state index contributed by atoms with van der Waals surface area (Å²) in [5, 5.41) is 24.0. The molecule has 0 bridgehead atoms. The van der Waals surface area contributed by atoms with Gasteiger partial charge in [-0.1, -0.05) is 62.4 Å². The first-order chi connectivity index (χ1) is 16.8. The number of nitrogens with one attached hydrogen (secondary N) is 2. The molecule has 0 heterocycles. The number of carbonyl (C=O) groups excluding carboxylic acids is 2. The number of benzene rings is 3. The first-order valence-electron chi connectivity index (χ1n) is 11.2.